The zero-order valence-electron chi connectivity index (χ0n) is 8.00. The number of carbonyl (C=O) groups excluding carboxylic acids is 1. The Kier molecular flexibility index (Phi) is 3.50. The topological polar surface area (TPSA) is 29.1 Å². The molecule has 1 amide bonds. The highest BCUT2D eigenvalue weighted by molar-refractivity contribution is 5.94. The first-order valence-electron chi connectivity index (χ1n) is 4.36. The SMILES string of the molecule is C[CH]CNC(=O)c1ccc(C)cc1. The fraction of sp³-hybridized carbons (Fsp3) is 0.273. The minimum atomic E-state index is -0.0156. The van der Waals surface area contributed by atoms with Crippen LogP contribution in [0.2, 0.25) is 0 Å². The lowest BCUT2D eigenvalue weighted by atomic mass is 10.1. The summed E-state index contributed by atoms with van der Waals surface area (Å²) >= 11 is 0. The van der Waals surface area contributed by atoms with Crippen LogP contribution in [0, 0.1) is 13.3 Å². The third-order valence-electron chi connectivity index (χ3n) is 1.78. The summed E-state index contributed by atoms with van der Waals surface area (Å²) in [6, 6.07) is 7.54. The molecule has 1 aromatic rings. The summed E-state index contributed by atoms with van der Waals surface area (Å²) in [5, 5.41) is 2.77. The van der Waals surface area contributed by atoms with E-state index in [0.29, 0.717) is 12.1 Å². The smallest absolute Gasteiger partial charge is 0.251 e. The van der Waals surface area contributed by atoms with Crippen LogP contribution in [0.1, 0.15) is 22.8 Å². The van der Waals surface area contributed by atoms with Gasteiger partial charge in [0.05, 0.1) is 0 Å². The van der Waals surface area contributed by atoms with Gasteiger partial charge in [-0.15, -0.1) is 0 Å². The van der Waals surface area contributed by atoms with Gasteiger partial charge in [0.1, 0.15) is 0 Å². The van der Waals surface area contributed by atoms with Gasteiger partial charge in [-0.05, 0) is 25.5 Å². The van der Waals surface area contributed by atoms with Crippen molar-refractivity contribution in [3.05, 3.63) is 41.8 Å². The molecular weight excluding hydrogens is 162 g/mol. The van der Waals surface area contributed by atoms with Gasteiger partial charge in [0.15, 0.2) is 0 Å². The second kappa shape index (κ2) is 4.65. The van der Waals surface area contributed by atoms with Crippen molar-refractivity contribution in [1.82, 2.24) is 5.32 Å². The Morgan fingerprint density at radius 1 is 1.38 bits per heavy atom. The van der Waals surface area contributed by atoms with Crippen molar-refractivity contribution >= 4 is 5.91 Å². The minimum Gasteiger partial charge on any atom is -0.352 e. The van der Waals surface area contributed by atoms with Gasteiger partial charge in [0.25, 0.3) is 5.91 Å². The van der Waals surface area contributed by atoms with Gasteiger partial charge in [-0.25, -0.2) is 0 Å². The first-order chi connectivity index (χ1) is 6.24. The minimum absolute atomic E-state index is 0.0156. The van der Waals surface area contributed by atoms with Crippen LogP contribution in [0.4, 0.5) is 0 Å². The van der Waals surface area contributed by atoms with E-state index < -0.39 is 0 Å². The van der Waals surface area contributed by atoms with Gasteiger partial charge in [0, 0.05) is 12.1 Å². The van der Waals surface area contributed by atoms with Gasteiger partial charge in [-0.2, -0.15) is 0 Å². The van der Waals surface area contributed by atoms with Gasteiger partial charge in [-0.1, -0.05) is 24.6 Å². The molecular formula is C11H14NO. The molecule has 0 unspecified atom stereocenters. The lowest BCUT2D eigenvalue weighted by Crippen LogP contribution is -2.24. The van der Waals surface area contributed by atoms with E-state index in [2.05, 4.69) is 5.32 Å². The summed E-state index contributed by atoms with van der Waals surface area (Å²) in [7, 11) is 0. The van der Waals surface area contributed by atoms with E-state index in [0.717, 1.165) is 0 Å². The van der Waals surface area contributed by atoms with Crippen molar-refractivity contribution in [2.24, 2.45) is 0 Å². The van der Waals surface area contributed by atoms with E-state index in [1.807, 2.05) is 44.5 Å². The summed E-state index contributed by atoms with van der Waals surface area (Å²) in [5.41, 5.74) is 1.88. The van der Waals surface area contributed by atoms with Gasteiger partial charge < -0.3 is 5.32 Å². The van der Waals surface area contributed by atoms with Crippen LogP contribution in [0.3, 0.4) is 0 Å². The number of aryl methyl sites for hydroxylation is 1. The summed E-state index contributed by atoms with van der Waals surface area (Å²) in [5.74, 6) is -0.0156. The third-order valence-corrected chi connectivity index (χ3v) is 1.78. The molecule has 1 rings (SSSR count). The molecule has 0 bridgehead atoms. The van der Waals surface area contributed by atoms with Gasteiger partial charge in [0.2, 0.25) is 0 Å². The Bertz CT molecular complexity index is 277. The molecule has 69 valence electrons. The predicted octanol–water partition coefficient (Wildman–Crippen LogP) is 1.95. The Morgan fingerprint density at radius 3 is 2.54 bits per heavy atom. The van der Waals surface area contributed by atoms with E-state index in [1.54, 1.807) is 0 Å². The lowest BCUT2D eigenvalue weighted by molar-refractivity contribution is 0.0957. The predicted molar refractivity (Wildman–Crippen MR) is 53.5 cm³/mol. The van der Waals surface area contributed by atoms with Crippen molar-refractivity contribution < 1.29 is 4.79 Å². The van der Waals surface area contributed by atoms with Crippen LogP contribution in [0.5, 0.6) is 0 Å². The summed E-state index contributed by atoms with van der Waals surface area (Å²) in [4.78, 5) is 11.4. The molecule has 0 atom stereocenters. The first kappa shape index (κ1) is 9.78. The Hall–Kier alpha value is -1.31. The molecule has 0 spiro atoms. The standard InChI is InChI=1S/C11H14NO/c1-3-8-12-11(13)10-6-4-9(2)5-7-10/h3-7H,8H2,1-2H3,(H,12,13). The highest BCUT2D eigenvalue weighted by atomic mass is 16.1. The lowest BCUT2D eigenvalue weighted by Gasteiger charge is -2.02. The molecule has 0 saturated heterocycles. The number of amides is 1. The third kappa shape index (κ3) is 2.90. The number of benzene rings is 1. The van der Waals surface area contributed by atoms with Crippen molar-refractivity contribution in [3.63, 3.8) is 0 Å². The maximum Gasteiger partial charge on any atom is 0.251 e. The van der Waals surface area contributed by atoms with Gasteiger partial charge >= 0.3 is 0 Å². The maximum absolute atomic E-state index is 11.4. The molecule has 0 fully saturated rings. The quantitative estimate of drug-likeness (QED) is 0.749. The normalized spacial score (nSPS) is 9.69. The van der Waals surface area contributed by atoms with E-state index >= 15 is 0 Å². The number of hydrogen-bond donors (Lipinski definition) is 1. The fourth-order valence-electron chi connectivity index (χ4n) is 1.00. The average molecular weight is 176 g/mol. The summed E-state index contributed by atoms with van der Waals surface area (Å²) in [6.45, 7) is 4.53. The molecule has 2 nitrogen and oxygen atoms in total. The molecule has 0 aliphatic heterocycles. The Balaban J connectivity index is 2.61. The van der Waals surface area contributed by atoms with E-state index in [1.165, 1.54) is 5.56 Å². The van der Waals surface area contributed by atoms with Gasteiger partial charge in [-0.3, -0.25) is 4.79 Å². The van der Waals surface area contributed by atoms with Crippen molar-refractivity contribution in [1.29, 1.82) is 0 Å². The fourth-order valence-corrected chi connectivity index (χ4v) is 1.00. The molecule has 0 aliphatic carbocycles. The zero-order chi connectivity index (χ0) is 9.68. The average Bonchev–Trinajstić information content (AvgIpc) is 2.15. The first-order valence-corrected chi connectivity index (χ1v) is 4.36. The second-order valence-electron chi connectivity index (χ2n) is 2.98. The van der Waals surface area contributed by atoms with Crippen LogP contribution in [-0.2, 0) is 0 Å². The molecule has 0 aromatic heterocycles. The highest BCUT2D eigenvalue weighted by Gasteiger charge is 2.02. The van der Waals surface area contributed by atoms with Crippen LogP contribution in [-0.4, -0.2) is 12.5 Å². The monoisotopic (exact) mass is 176 g/mol. The second-order valence-corrected chi connectivity index (χ2v) is 2.98. The Labute approximate surface area is 79.0 Å². The zero-order valence-corrected chi connectivity index (χ0v) is 8.00. The summed E-state index contributed by atoms with van der Waals surface area (Å²) < 4.78 is 0. The van der Waals surface area contributed by atoms with Crippen molar-refractivity contribution in [2.45, 2.75) is 13.8 Å². The number of hydrogen-bond acceptors (Lipinski definition) is 1. The van der Waals surface area contributed by atoms with E-state index in [-0.39, 0.29) is 5.91 Å². The van der Waals surface area contributed by atoms with Crippen LogP contribution in [0.25, 0.3) is 0 Å². The molecule has 1 aromatic carbocycles. The highest BCUT2D eigenvalue weighted by Crippen LogP contribution is 2.02. The molecule has 13 heavy (non-hydrogen) atoms. The van der Waals surface area contributed by atoms with Crippen LogP contribution < -0.4 is 5.32 Å². The maximum atomic E-state index is 11.4. The Morgan fingerprint density at radius 2 is 2.00 bits per heavy atom. The molecule has 2 heteroatoms. The number of carbonyl (C=O) groups is 1. The van der Waals surface area contributed by atoms with Crippen molar-refractivity contribution in [2.75, 3.05) is 6.54 Å². The largest absolute Gasteiger partial charge is 0.352 e. The van der Waals surface area contributed by atoms with E-state index in [9.17, 15) is 4.79 Å². The number of nitrogens with one attached hydrogen (secondary N) is 1. The molecule has 1 N–H and O–H groups in total. The summed E-state index contributed by atoms with van der Waals surface area (Å²) in [6.07, 6.45) is 1.91. The number of rotatable bonds is 3. The van der Waals surface area contributed by atoms with Crippen LogP contribution in [0.15, 0.2) is 24.3 Å². The molecule has 0 heterocycles. The molecule has 1 radical (unpaired) electrons. The molecule has 0 saturated carbocycles. The molecule has 0 aliphatic rings. The van der Waals surface area contributed by atoms with E-state index in [4.69, 9.17) is 0 Å². The van der Waals surface area contributed by atoms with Crippen molar-refractivity contribution in [3.8, 4) is 0 Å². The van der Waals surface area contributed by atoms with Crippen LogP contribution >= 0.6 is 0 Å².